The molecule has 0 aliphatic heterocycles. The summed E-state index contributed by atoms with van der Waals surface area (Å²) in [6.07, 6.45) is 1.53. The third-order valence-corrected chi connectivity index (χ3v) is 6.61. The van der Waals surface area contributed by atoms with Crippen molar-refractivity contribution in [1.82, 2.24) is 4.98 Å². The molecular weight excluding hydrogens is 378 g/mol. The van der Waals surface area contributed by atoms with E-state index in [4.69, 9.17) is 18.0 Å². The van der Waals surface area contributed by atoms with Gasteiger partial charge in [0.2, 0.25) is 0 Å². The summed E-state index contributed by atoms with van der Waals surface area (Å²) in [5.74, 6) is 0. The van der Waals surface area contributed by atoms with Crippen LogP contribution in [0.2, 0.25) is 0 Å². The van der Waals surface area contributed by atoms with Gasteiger partial charge in [0.25, 0.3) is 10.0 Å². The van der Waals surface area contributed by atoms with Gasteiger partial charge in [-0.05, 0) is 28.1 Å². The Balaban J connectivity index is 2.27. The van der Waals surface area contributed by atoms with Crippen LogP contribution in [-0.4, -0.2) is 18.4 Å². The van der Waals surface area contributed by atoms with Crippen molar-refractivity contribution in [1.29, 1.82) is 0 Å². The van der Waals surface area contributed by atoms with Crippen LogP contribution in [0.5, 0.6) is 0 Å². The van der Waals surface area contributed by atoms with E-state index in [1.165, 1.54) is 23.6 Å². The fraction of sp³-hybridized carbons (Fsp3) is 0. The number of nitrogens with one attached hydrogen (secondary N) is 1. The summed E-state index contributed by atoms with van der Waals surface area (Å²) in [6, 6.07) is 3.05. The highest BCUT2D eigenvalue weighted by molar-refractivity contribution is 9.11. The maximum Gasteiger partial charge on any atom is 0.273 e. The molecule has 0 unspecified atom stereocenters. The van der Waals surface area contributed by atoms with E-state index >= 15 is 0 Å². The monoisotopic (exact) mass is 383 g/mol. The van der Waals surface area contributed by atoms with Crippen LogP contribution in [-0.2, 0) is 10.0 Å². The number of halogens is 1. The fourth-order valence-electron chi connectivity index (χ4n) is 1.06. The van der Waals surface area contributed by atoms with Crippen LogP contribution >= 0.6 is 50.8 Å². The van der Waals surface area contributed by atoms with Crippen LogP contribution < -0.4 is 10.5 Å². The summed E-state index contributed by atoms with van der Waals surface area (Å²) in [4.78, 5) is 4.64. The molecule has 0 spiro atoms. The average molecular weight is 384 g/mol. The van der Waals surface area contributed by atoms with Crippen molar-refractivity contribution in [3.63, 3.8) is 0 Å². The van der Waals surface area contributed by atoms with Crippen molar-refractivity contribution in [2.75, 3.05) is 4.72 Å². The Morgan fingerprint density at radius 1 is 1.44 bits per heavy atom. The quantitative estimate of drug-likeness (QED) is 0.791. The number of nitrogens with two attached hydrogens (primary N) is 1. The number of hydrogen-bond acceptors (Lipinski definition) is 6. The van der Waals surface area contributed by atoms with Gasteiger partial charge in [0, 0.05) is 0 Å². The second kappa shape index (κ2) is 5.21. The minimum Gasteiger partial charge on any atom is -0.389 e. The molecular formula is C8H6BrN3O2S4. The second-order valence-corrected chi connectivity index (χ2v) is 8.90. The topological polar surface area (TPSA) is 85.1 Å². The smallest absolute Gasteiger partial charge is 0.273 e. The molecule has 0 amide bonds. The second-order valence-electron chi connectivity index (χ2n) is 3.06. The SMILES string of the molecule is NC(=S)c1ccc(S(=O)(=O)Nc2ncc(Br)s2)s1. The lowest BCUT2D eigenvalue weighted by molar-refractivity contribution is 0.603. The van der Waals surface area contributed by atoms with Gasteiger partial charge in [0.15, 0.2) is 5.13 Å². The molecule has 10 heteroatoms. The number of aromatic nitrogens is 1. The fourth-order valence-corrected chi connectivity index (χ4v) is 4.76. The Bertz CT molecular complexity index is 691. The molecule has 0 atom stereocenters. The number of thiazole rings is 1. The lowest BCUT2D eigenvalue weighted by Gasteiger charge is -2.01. The summed E-state index contributed by atoms with van der Waals surface area (Å²) < 4.78 is 27.3. The first-order valence-corrected chi connectivity index (χ1v) is 8.74. The number of thiophene rings is 1. The minimum atomic E-state index is -3.63. The Morgan fingerprint density at radius 3 is 2.67 bits per heavy atom. The number of thiocarbonyl (C=S) groups is 1. The zero-order chi connectivity index (χ0) is 13.3. The first kappa shape index (κ1) is 13.9. The molecule has 0 saturated carbocycles. The Kier molecular flexibility index (Phi) is 4.02. The third kappa shape index (κ3) is 3.06. The maximum atomic E-state index is 12.0. The Hall–Kier alpha value is -0.550. The minimum absolute atomic E-state index is 0.150. The summed E-state index contributed by atoms with van der Waals surface area (Å²) in [5, 5.41) is 0.298. The normalized spacial score (nSPS) is 11.4. The molecule has 0 fully saturated rings. The highest BCUT2D eigenvalue weighted by Gasteiger charge is 2.19. The average Bonchev–Trinajstić information content (AvgIpc) is 2.86. The standard InChI is InChI=1S/C8H6BrN3O2S4/c9-5-3-11-8(17-5)12-18(13,14)6-2-1-4(16-6)7(10)15/h1-3H,(H2,10,15)(H,11,12). The Morgan fingerprint density at radius 2 is 2.17 bits per heavy atom. The first-order valence-electron chi connectivity index (χ1n) is 4.42. The summed E-state index contributed by atoms with van der Waals surface area (Å²) in [6.45, 7) is 0. The number of nitrogens with zero attached hydrogens (tertiary/aromatic N) is 1. The predicted molar refractivity (Wildman–Crippen MR) is 80.8 cm³/mol. The molecule has 2 rings (SSSR count). The third-order valence-electron chi connectivity index (χ3n) is 1.79. The van der Waals surface area contributed by atoms with E-state index in [-0.39, 0.29) is 9.20 Å². The highest BCUT2D eigenvalue weighted by atomic mass is 79.9. The van der Waals surface area contributed by atoms with E-state index in [1.54, 1.807) is 6.07 Å². The van der Waals surface area contributed by atoms with Gasteiger partial charge in [0.05, 0.1) is 14.9 Å². The largest absolute Gasteiger partial charge is 0.389 e. The molecule has 0 saturated heterocycles. The van der Waals surface area contributed by atoms with Crippen molar-refractivity contribution in [2.45, 2.75) is 4.21 Å². The number of sulfonamides is 1. The van der Waals surface area contributed by atoms with Crippen LogP contribution in [0.1, 0.15) is 4.88 Å². The van der Waals surface area contributed by atoms with Crippen LogP contribution in [0.15, 0.2) is 26.3 Å². The van der Waals surface area contributed by atoms with Crippen LogP contribution in [0.3, 0.4) is 0 Å². The molecule has 0 aromatic carbocycles. The molecule has 5 nitrogen and oxygen atoms in total. The van der Waals surface area contributed by atoms with E-state index < -0.39 is 10.0 Å². The van der Waals surface area contributed by atoms with Gasteiger partial charge in [-0.1, -0.05) is 23.6 Å². The number of rotatable bonds is 4. The van der Waals surface area contributed by atoms with Crippen molar-refractivity contribution in [3.8, 4) is 0 Å². The highest BCUT2D eigenvalue weighted by Crippen LogP contribution is 2.28. The zero-order valence-corrected chi connectivity index (χ0v) is 13.4. The Labute approximate surface area is 125 Å². The van der Waals surface area contributed by atoms with E-state index in [2.05, 4.69) is 25.6 Å². The van der Waals surface area contributed by atoms with Gasteiger partial charge in [-0.2, -0.15) is 0 Å². The van der Waals surface area contributed by atoms with Crippen LogP contribution in [0.25, 0.3) is 0 Å². The zero-order valence-electron chi connectivity index (χ0n) is 8.58. The van der Waals surface area contributed by atoms with Gasteiger partial charge in [0.1, 0.15) is 9.20 Å². The van der Waals surface area contributed by atoms with E-state index in [9.17, 15) is 8.42 Å². The predicted octanol–water partition coefficient (Wildman–Crippen LogP) is 2.40. The van der Waals surface area contributed by atoms with Crippen molar-refractivity contribution in [2.24, 2.45) is 5.73 Å². The number of anilines is 1. The molecule has 2 aromatic rings. The molecule has 2 heterocycles. The lowest BCUT2D eigenvalue weighted by Crippen LogP contribution is -2.11. The van der Waals surface area contributed by atoms with Crippen LogP contribution in [0, 0.1) is 0 Å². The summed E-state index contributed by atoms with van der Waals surface area (Å²) in [5.41, 5.74) is 5.44. The van der Waals surface area contributed by atoms with E-state index in [1.807, 2.05) is 0 Å². The van der Waals surface area contributed by atoms with E-state index in [0.29, 0.717) is 10.0 Å². The van der Waals surface area contributed by atoms with Gasteiger partial charge < -0.3 is 5.73 Å². The number of hydrogen-bond donors (Lipinski definition) is 2. The molecule has 0 aliphatic carbocycles. The van der Waals surface area contributed by atoms with Gasteiger partial charge in [-0.3, -0.25) is 4.72 Å². The van der Waals surface area contributed by atoms with Crippen LogP contribution in [0.4, 0.5) is 5.13 Å². The van der Waals surface area contributed by atoms with Gasteiger partial charge in [-0.25, -0.2) is 13.4 Å². The van der Waals surface area contributed by atoms with Crippen molar-refractivity contribution < 1.29 is 8.42 Å². The molecule has 3 N–H and O–H groups in total. The maximum absolute atomic E-state index is 12.0. The first-order chi connectivity index (χ1) is 8.38. The van der Waals surface area contributed by atoms with Gasteiger partial charge >= 0.3 is 0 Å². The molecule has 96 valence electrons. The summed E-state index contributed by atoms with van der Waals surface area (Å²) in [7, 11) is -3.63. The van der Waals surface area contributed by atoms with E-state index in [0.717, 1.165) is 15.1 Å². The molecule has 0 bridgehead atoms. The molecule has 2 aromatic heterocycles. The lowest BCUT2D eigenvalue weighted by atomic mass is 10.5. The summed E-state index contributed by atoms with van der Waals surface area (Å²) >= 11 is 10.2. The van der Waals surface area contributed by atoms with Crippen molar-refractivity contribution >= 4 is 71.0 Å². The van der Waals surface area contributed by atoms with Gasteiger partial charge in [-0.15, -0.1) is 11.3 Å². The van der Waals surface area contributed by atoms with Crippen molar-refractivity contribution in [3.05, 3.63) is 27.0 Å². The molecule has 0 radical (unpaired) electrons. The molecule has 18 heavy (non-hydrogen) atoms. The molecule has 0 aliphatic rings.